The molecule has 2 rings (SSSR count). The van der Waals surface area contributed by atoms with Crippen molar-refractivity contribution < 1.29 is 9.90 Å². The van der Waals surface area contributed by atoms with E-state index in [4.69, 9.17) is 16.9 Å². The van der Waals surface area contributed by atoms with Gasteiger partial charge in [0.1, 0.15) is 0 Å². The second-order valence-electron chi connectivity index (χ2n) is 3.97. The average molecular weight is 295 g/mol. The average Bonchev–Trinajstić information content (AvgIpc) is 2.73. The van der Waals surface area contributed by atoms with Gasteiger partial charge in [-0.15, -0.1) is 0 Å². The van der Waals surface area contributed by atoms with Gasteiger partial charge < -0.3 is 10.0 Å². The van der Waals surface area contributed by atoms with Crippen LogP contribution in [0.4, 0.5) is 0 Å². The van der Waals surface area contributed by atoms with Gasteiger partial charge in [-0.3, -0.25) is 4.79 Å². The number of hydrogen-bond donors (Lipinski definition) is 1. The Labute approximate surface area is 120 Å². The van der Waals surface area contributed by atoms with E-state index in [-0.39, 0.29) is 12.5 Å². The summed E-state index contributed by atoms with van der Waals surface area (Å²) in [5.41, 5.74) is 0.686. The first-order valence-corrected chi connectivity index (χ1v) is 6.94. The van der Waals surface area contributed by atoms with Gasteiger partial charge in [-0.1, -0.05) is 35.5 Å². The predicted octanol–water partition coefficient (Wildman–Crippen LogP) is 2.31. The number of aliphatic hydroxyl groups is 1. The molecule has 1 fully saturated rings. The van der Waals surface area contributed by atoms with Crippen molar-refractivity contribution in [2.75, 3.05) is 12.3 Å². The van der Waals surface area contributed by atoms with E-state index >= 15 is 0 Å². The van der Waals surface area contributed by atoms with Gasteiger partial charge in [0.25, 0.3) is 0 Å². The molecule has 19 heavy (non-hydrogen) atoms. The van der Waals surface area contributed by atoms with E-state index in [2.05, 4.69) is 0 Å². The molecule has 1 heterocycles. The highest BCUT2D eigenvalue weighted by molar-refractivity contribution is 8.04. The van der Waals surface area contributed by atoms with Crippen LogP contribution < -0.4 is 0 Å². The molecule has 4 nitrogen and oxygen atoms in total. The number of allylic oxidation sites excluding steroid dienone is 1. The van der Waals surface area contributed by atoms with Crippen LogP contribution in [0.1, 0.15) is 11.7 Å². The van der Waals surface area contributed by atoms with Gasteiger partial charge in [0.05, 0.1) is 29.5 Å². The zero-order chi connectivity index (χ0) is 13.8. The molecule has 0 spiro atoms. The number of thioether (sulfide) groups is 1. The molecule has 98 valence electrons. The summed E-state index contributed by atoms with van der Waals surface area (Å²) in [5, 5.41) is 20.0. The maximum atomic E-state index is 11.7. The predicted molar refractivity (Wildman–Crippen MR) is 74.3 cm³/mol. The summed E-state index contributed by atoms with van der Waals surface area (Å²) in [6.07, 6.45) is 0.520. The summed E-state index contributed by atoms with van der Waals surface area (Å²) >= 11 is 7.09. The number of β-amino-alcohol motifs (C(OH)–C–C–N with tert-alkyl or cyclic N) is 1. The summed E-state index contributed by atoms with van der Waals surface area (Å²) in [7, 11) is 0. The number of hydrogen-bond acceptors (Lipinski definition) is 4. The lowest BCUT2D eigenvalue weighted by Crippen LogP contribution is -2.29. The Morgan fingerprint density at radius 3 is 2.84 bits per heavy atom. The molecule has 1 saturated heterocycles. The third-order valence-corrected chi connectivity index (χ3v) is 3.99. The molecule has 0 aliphatic carbocycles. The van der Waals surface area contributed by atoms with Crippen LogP contribution in [0.5, 0.6) is 0 Å². The molecule has 1 atom stereocenters. The third-order valence-electron chi connectivity index (χ3n) is 2.71. The largest absolute Gasteiger partial charge is 0.387 e. The van der Waals surface area contributed by atoms with Crippen LogP contribution in [-0.4, -0.2) is 28.2 Å². The van der Waals surface area contributed by atoms with Crippen molar-refractivity contribution in [1.29, 1.82) is 5.26 Å². The molecule has 1 aliphatic rings. The number of carbonyl (C=O) groups excluding carboxylic acids is 1. The summed E-state index contributed by atoms with van der Waals surface area (Å²) in [5.74, 6) is 0.209. The van der Waals surface area contributed by atoms with Gasteiger partial charge in [0.2, 0.25) is 5.91 Å². The summed E-state index contributed by atoms with van der Waals surface area (Å²) < 4.78 is 0. The SMILES string of the molecule is N#C/C=C1\SCC(=O)N1CC(O)c1ccc(Cl)cc1. The number of aliphatic hydroxyl groups excluding tert-OH is 1. The Morgan fingerprint density at radius 2 is 2.21 bits per heavy atom. The second-order valence-corrected chi connectivity index (χ2v) is 5.40. The number of rotatable bonds is 3. The molecule has 0 bridgehead atoms. The van der Waals surface area contributed by atoms with Crippen LogP contribution >= 0.6 is 23.4 Å². The van der Waals surface area contributed by atoms with E-state index in [0.29, 0.717) is 21.4 Å². The van der Waals surface area contributed by atoms with Gasteiger partial charge in [-0.25, -0.2) is 0 Å². The quantitative estimate of drug-likeness (QED) is 0.869. The van der Waals surface area contributed by atoms with Crippen molar-refractivity contribution in [2.24, 2.45) is 0 Å². The third kappa shape index (κ3) is 3.29. The van der Waals surface area contributed by atoms with Crippen LogP contribution in [0.2, 0.25) is 5.02 Å². The van der Waals surface area contributed by atoms with Crippen LogP contribution in [0, 0.1) is 11.3 Å². The first-order chi connectivity index (χ1) is 9.11. The minimum absolute atomic E-state index is 0.0977. The van der Waals surface area contributed by atoms with E-state index in [1.807, 2.05) is 6.07 Å². The van der Waals surface area contributed by atoms with Gasteiger partial charge >= 0.3 is 0 Å². The van der Waals surface area contributed by atoms with Crippen molar-refractivity contribution in [3.8, 4) is 6.07 Å². The van der Waals surface area contributed by atoms with E-state index < -0.39 is 6.10 Å². The number of benzene rings is 1. The van der Waals surface area contributed by atoms with Crippen LogP contribution in [0.15, 0.2) is 35.4 Å². The number of nitrogens with zero attached hydrogens (tertiary/aromatic N) is 2. The fourth-order valence-electron chi connectivity index (χ4n) is 1.74. The van der Waals surface area contributed by atoms with E-state index in [1.54, 1.807) is 24.3 Å². The first-order valence-electron chi connectivity index (χ1n) is 5.58. The lowest BCUT2D eigenvalue weighted by Gasteiger charge is -2.20. The van der Waals surface area contributed by atoms with Crippen molar-refractivity contribution >= 4 is 29.3 Å². The molecule has 0 aromatic heterocycles. The molecule has 1 N–H and O–H groups in total. The van der Waals surface area contributed by atoms with Gasteiger partial charge in [0, 0.05) is 11.1 Å². The van der Waals surface area contributed by atoms with Crippen molar-refractivity contribution in [1.82, 2.24) is 4.90 Å². The molecule has 1 aliphatic heterocycles. The highest BCUT2D eigenvalue weighted by atomic mass is 35.5. The zero-order valence-electron chi connectivity index (χ0n) is 9.91. The lowest BCUT2D eigenvalue weighted by molar-refractivity contribution is -0.126. The van der Waals surface area contributed by atoms with E-state index in [9.17, 15) is 9.90 Å². The molecule has 1 amide bonds. The van der Waals surface area contributed by atoms with Gasteiger partial charge in [-0.2, -0.15) is 5.26 Å². The highest BCUT2D eigenvalue weighted by Gasteiger charge is 2.28. The van der Waals surface area contributed by atoms with Crippen molar-refractivity contribution in [3.63, 3.8) is 0 Å². The van der Waals surface area contributed by atoms with Crippen molar-refractivity contribution in [2.45, 2.75) is 6.10 Å². The Balaban J connectivity index is 2.11. The first kappa shape index (κ1) is 13.9. The Kier molecular flexibility index (Phi) is 4.48. The Bertz CT molecular complexity index is 551. The molecular weight excluding hydrogens is 284 g/mol. The smallest absolute Gasteiger partial charge is 0.237 e. The minimum atomic E-state index is -0.804. The number of amides is 1. The van der Waals surface area contributed by atoms with E-state index in [1.165, 1.54) is 22.7 Å². The van der Waals surface area contributed by atoms with E-state index in [0.717, 1.165) is 0 Å². The van der Waals surface area contributed by atoms with Crippen LogP contribution in [0.3, 0.4) is 0 Å². The zero-order valence-corrected chi connectivity index (χ0v) is 11.5. The fraction of sp³-hybridized carbons (Fsp3) is 0.231. The summed E-state index contributed by atoms with van der Waals surface area (Å²) in [6, 6.07) is 8.71. The number of nitriles is 1. The molecule has 1 aromatic rings. The van der Waals surface area contributed by atoms with Crippen molar-refractivity contribution in [3.05, 3.63) is 46.0 Å². The minimum Gasteiger partial charge on any atom is -0.387 e. The monoisotopic (exact) mass is 294 g/mol. The molecule has 1 unspecified atom stereocenters. The summed E-state index contributed by atoms with van der Waals surface area (Å²) in [6.45, 7) is 0.140. The van der Waals surface area contributed by atoms with Gasteiger partial charge in [-0.05, 0) is 17.7 Å². The van der Waals surface area contributed by atoms with Crippen LogP contribution in [0.25, 0.3) is 0 Å². The fourth-order valence-corrected chi connectivity index (χ4v) is 2.77. The van der Waals surface area contributed by atoms with Gasteiger partial charge in [0.15, 0.2) is 0 Å². The normalized spacial score (nSPS) is 18.7. The number of carbonyl (C=O) groups is 1. The molecular formula is C13H11ClN2O2S. The molecule has 0 radical (unpaired) electrons. The summed E-state index contributed by atoms with van der Waals surface area (Å²) in [4.78, 5) is 13.1. The molecule has 1 aromatic carbocycles. The maximum absolute atomic E-state index is 11.7. The second kappa shape index (κ2) is 6.11. The molecule has 0 saturated carbocycles. The standard InChI is InChI=1S/C13H11ClN2O2S/c14-10-3-1-9(2-4-10)11(17)7-16-12(18)8-19-13(16)5-6-15/h1-5,11,17H,7-8H2/b13-5-. The van der Waals surface area contributed by atoms with Crippen LogP contribution in [-0.2, 0) is 4.79 Å². The number of halogens is 1. The Morgan fingerprint density at radius 1 is 1.53 bits per heavy atom. The topological polar surface area (TPSA) is 64.3 Å². The molecule has 6 heteroatoms. The maximum Gasteiger partial charge on any atom is 0.237 e. The lowest BCUT2D eigenvalue weighted by atomic mass is 10.1. The highest BCUT2D eigenvalue weighted by Crippen LogP contribution is 2.30. The Hall–Kier alpha value is -1.48.